The topological polar surface area (TPSA) is 91.3 Å². The second-order valence-corrected chi connectivity index (χ2v) is 20.2. The van der Waals surface area contributed by atoms with Gasteiger partial charge in [-0.2, -0.15) is 0 Å². The van der Waals surface area contributed by atoms with Crippen molar-refractivity contribution in [2.24, 2.45) is 0 Å². The number of hydrogen-bond donors (Lipinski definition) is 1. The number of aromatic nitrogens is 4. The third kappa shape index (κ3) is 8.49. The molecule has 2 aliphatic rings. The van der Waals surface area contributed by atoms with Gasteiger partial charge in [-0.1, -0.05) is 144 Å². The van der Waals surface area contributed by atoms with Crippen LogP contribution in [0.1, 0.15) is 157 Å². The minimum absolute atomic E-state index is 0. The molecule has 58 heavy (non-hydrogen) atoms. The zero-order valence-corrected chi connectivity index (χ0v) is 39.8. The van der Waals surface area contributed by atoms with Gasteiger partial charge in [0.15, 0.2) is 6.29 Å². The van der Waals surface area contributed by atoms with Crippen LogP contribution in [-0.4, -0.2) is 21.4 Å². The van der Waals surface area contributed by atoms with Gasteiger partial charge in [0.25, 0.3) is 0 Å². The van der Waals surface area contributed by atoms with E-state index < -0.39 is 6.10 Å². The molecule has 5 aromatic rings. The van der Waals surface area contributed by atoms with Crippen LogP contribution in [0.3, 0.4) is 0 Å². The molecule has 2 aromatic carbocycles. The van der Waals surface area contributed by atoms with E-state index in [0.717, 1.165) is 62.2 Å². The largest absolute Gasteiger partial charge is 2.00 e. The summed E-state index contributed by atoms with van der Waals surface area (Å²) in [6, 6.07) is 21.6. The third-order valence-corrected chi connectivity index (χ3v) is 11.4. The Bertz CT molecular complexity index is 2550. The van der Waals surface area contributed by atoms with Crippen molar-refractivity contribution in [3.63, 3.8) is 0 Å². The second kappa shape index (κ2) is 15.3. The Kier molecular flexibility index (Phi) is 11.4. The molecule has 8 bridgehead atoms. The van der Waals surface area contributed by atoms with Crippen molar-refractivity contribution in [3.8, 4) is 22.3 Å². The number of carbonyl (C=O) groups excluding carboxylic acids is 1. The molecule has 296 valence electrons. The number of aldehydes is 1. The van der Waals surface area contributed by atoms with Gasteiger partial charge in [-0.15, -0.1) is 22.1 Å². The van der Waals surface area contributed by atoms with Crippen molar-refractivity contribution in [2.75, 3.05) is 0 Å². The van der Waals surface area contributed by atoms with E-state index in [0.29, 0.717) is 35.1 Å². The van der Waals surface area contributed by atoms with Crippen LogP contribution in [0, 0.1) is 0 Å². The standard InChI is InChI=1S/C51H59N4O2.Zn/c1-29(57)37-27-45-47(31-22-34(50(8,9)10)25-35(23-31)51(11,12)13)43-19-17-40(54-43)38(28-56)39-16-18-42(53-39)46(41-15-14-36(52-41)26-44(37)55-45)30-20-32(48(2,3)4)24-33(21-30)49(5,6)7;/h14-16,18,20-29,57H,17,19H2,1-13H3,(H-,52,53,54,55,56);/q-1;+2/p-1. The summed E-state index contributed by atoms with van der Waals surface area (Å²) in [7, 11) is 0. The molecule has 7 heteroatoms. The van der Waals surface area contributed by atoms with E-state index in [2.05, 4.69) is 119 Å². The average Bonchev–Trinajstić information content (AvgIpc) is 3.93. The monoisotopic (exact) mass is 822 g/mol. The maximum absolute atomic E-state index is 13.1. The number of rotatable bonds is 4. The van der Waals surface area contributed by atoms with E-state index >= 15 is 0 Å². The van der Waals surface area contributed by atoms with E-state index in [9.17, 15) is 9.90 Å². The molecule has 1 atom stereocenters. The Labute approximate surface area is 357 Å². The summed E-state index contributed by atoms with van der Waals surface area (Å²) in [6.45, 7) is 28.6. The fourth-order valence-electron chi connectivity index (χ4n) is 7.74. The summed E-state index contributed by atoms with van der Waals surface area (Å²) in [5.41, 5.74) is 15.4. The molecule has 6 nitrogen and oxygen atoms in total. The van der Waals surface area contributed by atoms with Gasteiger partial charge in [0.2, 0.25) is 0 Å². The maximum Gasteiger partial charge on any atom is 2.00 e. The third-order valence-electron chi connectivity index (χ3n) is 11.4. The number of carbonyl (C=O) groups is 1. The Morgan fingerprint density at radius 1 is 0.586 bits per heavy atom. The van der Waals surface area contributed by atoms with Gasteiger partial charge in [-0.3, -0.25) is 9.78 Å². The summed E-state index contributed by atoms with van der Waals surface area (Å²) in [5, 5.41) is 11.2. The zero-order valence-electron chi connectivity index (χ0n) is 36.8. The first-order chi connectivity index (χ1) is 26.5. The zero-order chi connectivity index (χ0) is 41.4. The van der Waals surface area contributed by atoms with Crippen molar-refractivity contribution >= 4 is 40.5 Å². The van der Waals surface area contributed by atoms with Gasteiger partial charge in [-0.25, -0.2) is 4.98 Å². The molecule has 3 aromatic heterocycles. The van der Waals surface area contributed by atoms with Crippen molar-refractivity contribution in [1.82, 2.24) is 19.9 Å². The Balaban J connectivity index is 0.00000567. The number of nitrogens with zero attached hydrogens (tertiary/aromatic N) is 4. The molecule has 0 fully saturated rings. The number of aliphatic hydroxyl groups is 1. The predicted octanol–water partition coefficient (Wildman–Crippen LogP) is 11.9. The van der Waals surface area contributed by atoms with Gasteiger partial charge < -0.3 is 15.1 Å². The second-order valence-electron chi connectivity index (χ2n) is 20.2. The van der Waals surface area contributed by atoms with Crippen LogP contribution in [0.15, 0.2) is 60.7 Å². The number of benzene rings is 2. The fourth-order valence-corrected chi connectivity index (χ4v) is 7.74. The molecule has 1 N–H and O–H groups in total. The summed E-state index contributed by atoms with van der Waals surface area (Å²) in [5.74, 6) is 0. The Morgan fingerprint density at radius 2 is 1.07 bits per heavy atom. The predicted molar refractivity (Wildman–Crippen MR) is 237 cm³/mol. The van der Waals surface area contributed by atoms with Gasteiger partial charge in [0.1, 0.15) is 0 Å². The van der Waals surface area contributed by atoms with Crippen LogP contribution < -0.4 is 9.97 Å². The van der Waals surface area contributed by atoms with Crippen LogP contribution in [0.5, 0.6) is 0 Å². The normalized spacial score (nSPS) is 14.0. The van der Waals surface area contributed by atoms with Crippen LogP contribution in [0.4, 0.5) is 0 Å². The molecule has 0 amide bonds. The van der Waals surface area contributed by atoms with Crippen LogP contribution in [-0.2, 0) is 54.0 Å². The quantitative estimate of drug-likeness (QED) is 0.141. The average molecular weight is 824 g/mol. The van der Waals surface area contributed by atoms with Gasteiger partial charge in [-0.05, 0) is 104 Å². The molecule has 5 heterocycles. The van der Waals surface area contributed by atoms with Gasteiger partial charge in [0, 0.05) is 11.3 Å². The van der Waals surface area contributed by atoms with Crippen LogP contribution >= 0.6 is 0 Å². The molecular weight excluding hydrogens is 766 g/mol. The number of aliphatic hydroxyl groups excluding tert-OH is 1. The minimum Gasteiger partial charge on any atom is -0.657 e. The van der Waals surface area contributed by atoms with Crippen molar-refractivity contribution in [1.29, 1.82) is 0 Å². The van der Waals surface area contributed by atoms with E-state index in [1.54, 1.807) is 6.92 Å². The van der Waals surface area contributed by atoms with Crippen molar-refractivity contribution in [3.05, 3.63) is 117 Å². The molecule has 0 aliphatic carbocycles. The molecule has 0 saturated heterocycles. The van der Waals surface area contributed by atoms with E-state index in [-0.39, 0.29) is 41.1 Å². The number of fused-ring (bicyclic) bond motifs is 8. The minimum atomic E-state index is -0.770. The van der Waals surface area contributed by atoms with E-state index in [1.165, 1.54) is 22.3 Å². The van der Waals surface area contributed by atoms with E-state index in [4.69, 9.17) is 19.9 Å². The molecule has 0 spiro atoms. The summed E-state index contributed by atoms with van der Waals surface area (Å²) >= 11 is 0. The molecule has 7 rings (SSSR count). The first-order valence-electron chi connectivity index (χ1n) is 20.3. The number of hydrogen-bond acceptors (Lipinski definition) is 4. The van der Waals surface area contributed by atoms with E-state index in [1.807, 2.05) is 36.4 Å². The smallest absolute Gasteiger partial charge is 0.657 e. The van der Waals surface area contributed by atoms with Gasteiger partial charge in [0.05, 0.1) is 23.2 Å². The number of aryl methyl sites for hydroxylation is 2. The summed E-state index contributed by atoms with van der Waals surface area (Å²) in [6.07, 6.45) is 5.41. The molecule has 0 radical (unpaired) electrons. The Morgan fingerprint density at radius 3 is 1.57 bits per heavy atom. The maximum atomic E-state index is 13.1. The van der Waals surface area contributed by atoms with Gasteiger partial charge >= 0.3 is 19.5 Å². The molecule has 1 unspecified atom stereocenters. The van der Waals surface area contributed by atoms with Crippen molar-refractivity contribution in [2.45, 2.75) is 131 Å². The fraction of sp³-hybridized carbons (Fsp3) is 0.392. The summed E-state index contributed by atoms with van der Waals surface area (Å²) in [4.78, 5) is 34.1. The summed E-state index contributed by atoms with van der Waals surface area (Å²) < 4.78 is 0. The van der Waals surface area contributed by atoms with Crippen LogP contribution in [0.25, 0.3) is 56.5 Å². The SMILES string of the molecule is CC(O)c1cc2[n-]c1cc1nc(c(-c3cc(C(C)(C)C)cc(C(C)(C)C)c3)c3ccc([n-]3)c(C=O)c3nc(c2-c2cc(C(C)(C)C)cc(C(C)(C)C)c2)CC3)C=C1.[Zn+2]. The first kappa shape index (κ1) is 43.1. The molecule has 2 aliphatic heterocycles. The molecular formula is C51H58N4O2Zn. The Hall–Kier alpha value is -4.45. The van der Waals surface area contributed by atoms with Crippen molar-refractivity contribution < 1.29 is 29.4 Å². The molecule has 0 saturated carbocycles. The van der Waals surface area contributed by atoms with Crippen LogP contribution in [0.2, 0.25) is 0 Å². The first-order valence-corrected chi connectivity index (χ1v) is 20.3.